The molecule has 86 valence electrons. The van der Waals surface area contributed by atoms with Crippen molar-refractivity contribution in [3.63, 3.8) is 0 Å². The largest absolute Gasteiger partial charge is 0.507 e. The van der Waals surface area contributed by atoms with Gasteiger partial charge in [0.1, 0.15) is 5.75 Å². The molecule has 4 heteroatoms. The molecule has 0 atom stereocenters. The number of carbonyl (C=O) groups excluding carboxylic acids is 2. The van der Waals surface area contributed by atoms with E-state index in [1.807, 2.05) is 6.92 Å². The molecule has 0 aliphatic heterocycles. The van der Waals surface area contributed by atoms with Crippen molar-refractivity contribution in [3.8, 4) is 5.75 Å². The number of nitrogens with one attached hydrogen (secondary N) is 1. The van der Waals surface area contributed by atoms with Gasteiger partial charge in [-0.25, -0.2) is 0 Å². The Morgan fingerprint density at radius 1 is 1.31 bits per heavy atom. The predicted molar refractivity (Wildman–Crippen MR) is 60.1 cm³/mol. The number of rotatable bonds is 4. The summed E-state index contributed by atoms with van der Waals surface area (Å²) in [5.74, 6) is -0.988. The fourth-order valence-electron chi connectivity index (χ4n) is 1.26. The van der Waals surface area contributed by atoms with E-state index >= 15 is 0 Å². The number of hydrogen-bond acceptors (Lipinski definition) is 3. The lowest BCUT2D eigenvalue weighted by Crippen LogP contribution is -2.30. The highest BCUT2D eigenvalue weighted by molar-refractivity contribution is 6.06. The summed E-state index contributed by atoms with van der Waals surface area (Å²) in [6.07, 6.45) is 1.98. The second kappa shape index (κ2) is 5.90. The maximum atomic E-state index is 11.5. The number of carbonyl (C=O) groups is 2. The Labute approximate surface area is 94.3 Å². The van der Waals surface area contributed by atoms with Crippen LogP contribution in [0.4, 0.5) is 0 Å². The fourth-order valence-corrected chi connectivity index (χ4v) is 1.26. The first-order chi connectivity index (χ1) is 7.65. The van der Waals surface area contributed by atoms with E-state index in [0.29, 0.717) is 6.42 Å². The number of para-hydroxylation sites is 1. The number of phenols is 1. The zero-order chi connectivity index (χ0) is 12.0. The summed E-state index contributed by atoms with van der Waals surface area (Å²) in [6.45, 7) is 1.97. The van der Waals surface area contributed by atoms with E-state index in [9.17, 15) is 14.7 Å². The summed E-state index contributed by atoms with van der Waals surface area (Å²) >= 11 is 0. The number of imide groups is 1. The maximum absolute atomic E-state index is 11.5. The van der Waals surface area contributed by atoms with Crippen molar-refractivity contribution in [1.29, 1.82) is 0 Å². The molecule has 1 aromatic rings. The van der Waals surface area contributed by atoms with Gasteiger partial charge < -0.3 is 5.11 Å². The summed E-state index contributed by atoms with van der Waals surface area (Å²) in [5, 5.41) is 11.6. The molecule has 4 nitrogen and oxygen atoms in total. The van der Waals surface area contributed by atoms with E-state index in [1.54, 1.807) is 12.1 Å². The van der Waals surface area contributed by atoms with Crippen molar-refractivity contribution >= 4 is 11.8 Å². The Bertz CT molecular complexity index is 388. The minimum Gasteiger partial charge on any atom is -0.507 e. The summed E-state index contributed by atoms with van der Waals surface area (Å²) in [4.78, 5) is 22.8. The first-order valence-electron chi connectivity index (χ1n) is 5.27. The van der Waals surface area contributed by atoms with Crippen molar-refractivity contribution < 1.29 is 14.7 Å². The molecular weight excluding hydrogens is 206 g/mol. The summed E-state index contributed by atoms with van der Waals surface area (Å²) < 4.78 is 0. The highest BCUT2D eigenvalue weighted by atomic mass is 16.3. The molecular formula is C12H15NO3. The highest BCUT2D eigenvalue weighted by Gasteiger charge is 2.12. The number of phenolic OH excluding ortho intramolecular Hbond substituents is 1. The fraction of sp³-hybridized carbons (Fsp3) is 0.333. The quantitative estimate of drug-likeness (QED) is 0.815. The van der Waals surface area contributed by atoms with Crippen LogP contribution in [0.5, 0.6) is 5.75 Å². The van der Waals surface area contributed by atoms with E-state index in [2.05, 4.69) is 5.32 Å². The van der Waals surface area contributed by atoms with Crippen LogP contribution in [0.1, 0.15) is 36.5 Å². The number of benzene rings is 1. The summed E-state index contributed by atoms with van der Waals surface area (Å²) in [5.41, 5.74) is 0.118. The van der Waals surface area contributed by atoms with Crippen LogP contribution in [0, 0.1) is 0 Å². The smallest absolute Gasteiger partial charge is 0.261 e. The molecule has 0 heterocycles. The predicted octanol–water partition coefficient (Wildman–Crippen LogP) is 1.84. The molecule has 0 unspecified atom stereocenters. The first-order valence-corrected chi connectivity index (χ1v) is 5.27. The Hall–Kier alpha value is -1.84. The Balaban J connectivity index is 2.59. The average Bonchev–Trinajstić information content (AvgIpc) is 2.26. The van der Waals surface area contributed by atoms with E-state index in [4.69, 9.17) is 0 Å². The molecule has 0 saturated carbocycles. The van der Waals surface area contributed by atoms with Crippen molar-refractivity contribution in [2.45, 2.75) is 26.2 Å². The van der Waals surface area contributed by atoms with Crippen molar-refractivity contribution in [2.24, 2.45) is 0 Å². The van der Waals surface area contributed by atoms with Crippen LogP contribution in [0.2, 0.25) is 0 Å². The van der Waals surface area contributed by atoms with Gasteiger partial charge in [0.05, 0.1) is 5.56 Å². The van der Waals surface area contributed by atoms with Crippen LogP contribution in [0.15, 0.2) is 24.3 Å². The second-order valence-corrected chi connectivity index (χ2v) is 3.50. The van der Waals surface area contributed by atoms with Gasteiger partial charge in [0, 0.05) is 6.42 Å². The number of hydrogen-bond donors (Lipinski definition) is 2. The molecule has 0 aromatic heterocycles. The molecule has 1 aromatic carbocycles. The number of aromatic hydroxyl groups is 1. The van der Waals surface area contributed by atoms with Gasteiger partial charge in [0.15, 0.2) is 0 Å². The van der Waals surface area contributed by atoms with Crippen LogP contribution in [-0.4, -0.2) is 16.9 Å². The Kier molecular flexibility index (Phi) is 4.51. The Morgan fingerprint density at radius 3 is 2.62 bits per heavy atom. The molecule has 2 amide bonds. The van der Waals surface area contributed by atoms with Crippen LogP contribution in [-0.2, 0) is 4.79 Å². The SMILES string of the molecule is CCCCC(=O)NC(=O)c1ccccc1O. The minimum atomic E-state index is -0.556. The zero-order valence-corrected chi connectivity index (χ0v) is 9.19. The lowest BCUT2D eigenvalue weighted by molar-refractivity contribution is -0.120. The van der Waals surface area contributed by atoms with Gasteiger partial charge in [-0.2, -0.15) is 0 Å². The van der Waals surface area contributed by atoms with Gasteiger partial charge in [0.2, 0.25) is 5.91 Å². The van der Waals surface area contributed by atoms with Crippen LogP contribution in [0.25, 0.3) is 0 Å². The van der Waals surface area contributed by atoms with Crippen molar-refractivity contribution in [3.05, 3.63) is 29.8 Å². The topological polar surface area (TPSA) is 66.4 Å². The third-order valence-electron chi connectivity index (χ3n) is 2.16. The standard InChI is InChI=1S/C12H15NO3/c1-2-3-8-11(15)13-12(16)9-6-4-5-7-10(9)14/h4-7,14H,2-3,8H2,1H3,(H,13,15,16). The molecule has 0 bridgehead atoms. The van der Waals surface area contributed by atoms with Gasteiger partial charge >= 0.3 is 0 Å². The van der Waals surface area contributed by atoms with Crippen LogP contribution < -0.4 is 5.32 Å². The second-order valence-electron chi connectivity index (χ2n) is 3.50. The summed E-state index contributed by atoms with van der Waals surface area (Å²) in [7, 11) is 0. The maximum Gasteiger partial charge on any atom is 0.261 e. The molecule has 0 fully saturated rings. The van der Waals surface area contributed by atoms with E-state index in [1.165, 1.54) is 12.1 Å². The minimum absolute atomic E-state index is 0.118. The van der Waals surface area contributed by atoms with Crippen molar-refractivity contribution in [1.82, 2.24) is 5.32 Å². The van der Waals surface area contributed by atoms with E-state index < -0.39 is 5.91 Å². The van der Waals surface area contributed by atoms with Gasteiger partial charge in [-0.05, 0) is 18.6 Å². The molecule has 0 spiro atoms. The number of unbranched alkanes of at least 4 members (excludes halogenated alkanes) is 1. The van der Waals surface area contributed by atoms with Gasteiger partial charge in [-0.15, -0.1) is 0 Å². The van der Waals surface area contributed by atoms with E-state index in [0.717, 1.165) is 12.8 Å². The zero-order valence-electron chi connectivity index (χ0n) is 9.19. The normalized spacial score (nSPS) is 9.81. The number of amides is 2. The van der Waals surface area contributed by atoms with Gasteiger partial charge in [0.25, 0.3) is 5.91 Å². The lowest BCUT2D eigenvalue weighted by atomic mass is 10.2. The molecule has 0 radical (unpaired) electrons. The van der Waals surface area contributed by atoms with E-state index in [-0.39, 0.29) is 17.2 Å². The highest BCUT2D eigenvalue weighted by Crippen LogP contribution is 2.14. The van der Waals surface area contributed by atoms with Crippen molar-refractivity contribution in [2.75, 3.05) is 0 Å². The average molecular weight is 221 g/mol. The molecule has 1 rings (SSSR count). The third kappa shape index (κ3) is 3.38. The molecule has 0 saturated heterocycles. The Morgan fingerprint density at radius 2 is 2.00 bits per heavy atom. The van der Waals surface area contributed by atoms with Gasteiger partial charge in [-0.1, -0.05) is 25.5 Å². The monoisotopic (exact) mass is 221 g/mol. The third-order valence-corrected chi connectivity index (χ3v) is 2.16. The van der Waals surface area contributed by atoms with Crippen LogP contribution in [0.3, 0.4) is 0 Å². The molecule has 2 N–H and O–H groups in total. The lowest BCUT2D eigenvalue weighted by Gasteiger charge is -2.04. The first kappa shape index (κ1) is 12.2. The summed E-state index contributed by atoms with van der Waals surface area (Å²) in [6, 6.07) is 6.12. The van der Waals surface area contributed by atoms with Gasteiger partial charge in [-0.3, -0.25) is 14.9 Å². The van der Waals surface area contributed by atoms with Crippen LogP contribution >= 0.6 is 0 Å². The molecule has 0 aliphatic rings. The molecule has 16 heavy (non-hydrogen) atoms. The molecule has 0 aliphatic carbocycles.